The molecule has 0 N–H and O–H groups in total. The largest absolute Gasteiger partial charge is 0.497 e. The Hall–Kier alpha value is -1.47. The third kappa shape index (κ3) is 4.03. The Labute approximate surface area is 157 Å². The molecule has 5 nitrogen and oxygen atoms in total. The van der Waals surface area contributed by atoms with Crippen molar-refractivity contribution < 1.29 is 13.2 Å². The molecule has 1 heterocycles. The zero-order valence-corrected chi connectivity index (χ0v) is 16.0. The molecule has 0 radical (unpaired) electrons. The van der Waals surface area contributed by atoms with Gasteiger partial charge in [-0.25, -0.2) is 8.42 Å². The zero-order chi connectivity index (χ0) is 18.0. The van der Waals surface area contributed by atoms with Gasteiger partial charge in [0.1, 0.15) is 5.75 Å². The molecule has 2 aromatic rings. The number of anilines is 1. The molecule has 0 bridgehead atoms. The Kier molecular flexibility index (Phi) is 5.43. The maximum absolute atomic E-state index is 12.8. The number of hydrogen-bond donors (Lipinski definition) is 0. The van der Waals surface area contributed by atoms with Gasteiger partial charge in [-0.1, -0.05) is 29.3 Å². The van der Waals surface area contributed by atoms with Gasteiger partial charge in [0.2, 0.25) is 10.0 Å². The lowest BCUT2D eigenvalue weighted by molar-refractivity contribution is 0.384. The first-order valence-corrected chi connectivity index (χ1v) is 9.95. The van der Waals surface area contributed by atoms with Crippen LogP contribution in [0.25, 0.3) is 0 Å². The third-order valence-corrected chi connectivity index (χ3v) is 6.44. The highest BCUT2D eigenvalue weighted by Crippen LogP contribution is 2.27. The summed E-state index contributed by atoms with van der Waals surface area (Å²) < 4.78 is 32.3. The number of halogens is 2. The topological polar surface area (TPSA) is 49.9 Å². The fourth-order valence-electron chi connectivity index (χ4n) is 2.82. The molecule has 2 aromatic carbocycles. The molecule has 0 aliphatic carbocycles. The lowest BCUT2D eigenvalue weighted by Gasteiger charge is -2.35. The van der Waals surface area contributed by atoms with Gasteiger partial charge in [0, 0.05) is 48.0 Å². The van der Waals surface area contributed by atoms with Gasteiger partial charge in [-0.3, -0.25) is 0 Å². The van der Waals surface area contributed by atoms with Gasteiger partial charge in [-0.15, -0.1) is 0 Å². The van der Waals surface area contributed by atoms with Crippen LogP contribution in [0, 0.1) is 0 Å². The molecule has 0 saturated carbocycles. The van der Waals surface area contributed by atoms with Crippen LogP contribution >= 0.6 is 23.2 Å². The molecule has 0 spiro atoms. The minimum atomic E-state index is -3.61. The van der Waals surface area contributed by atoms with E-state index in [9.17, 15) is 8.42 Å². The normalized spacial score (nSPS) is 16.0. The predicted octanol–water partition coefficient (Wildman–Crippen LogP) is 3.51. The molecule has 8 heteroatoms. The average Bonchev–Trinajstić information content (AvgIpc) is 2.61. The average molecular weight is 401 g/mol. The number of hydrogen-bond acceptors (Lipinski definition) is 4. The standard InChI is InChI=1S/C17H18Cl2N2O3S/c1-24-16-4-2-3-15(12-16)20-5-7-21(8-6-20)25(22,23)17-10-13(18)9-14(19)11-17/h2-4,9-12H,5-8H2,1H3. The van der Waals surface area contributed by atoms with Gasteiger partial charge in [-0.2, -0.15) is 4.31 Å². The summed E-state index contributed by atoms with van der Waals surface area (Å²) in [7, 11) is -1.99. The number of methoxy groups -OCH3 is 1. The first-order valence-electron chi connectivity index (χ1n) is 7.75. The number of nitrogens with zero attached hydrogens (tertiary/aromatic N) is 2. The van der Waals surface area contributed by atoms with Gasteiger partial charge >= 0.3 is 0 Å². The molecule has 134 valence electrons. The minimum absolute atomic E-state index is 0.125. The molecule has 1 aliphatic heterocycles. The number of piperazine rings is 1. The van der Waals surface area contributed by atoms with Crippen molar-refractivity contribution in [3.05, 3.63) is 52.5 Å². The predicted molar refractivity (Wildman–Crippen MR) is 100 cm³/mol. The Morgan fingerprint density at radius 1 is 0.960 bits per heavy atom. The lowest BCUT2D eigenvalue weighted by atomic mass is 10.2. The summed E-state index contributed by atoms with van der Waals surface area (Å²) in [5.41, 5.74) is 1.02. The van der Waals surface area contributed by atoms with Gasteiger partial charge in [-0.05, 0) is 30.3 Å². The van der Waals surface area contributed by atoms with Crippen molar-refractivity contribution in [2.45, 2.75) is 4.90 Å². The van der Waals surface area contributed by atoms with E-state index < -0.39 is 10.0 Å². The fourth-order valence-corrected chi connectivity index (χ4v) is 4.97. The van der Waals surface area contributed by atoms with E-state index in [1.165, 1.54) is 22.5 Å². The van der Waals surface area contributed by atoms with Crippen LogP contribution < -0.4 is 9.64 Å². The van der Waals surface area contributed by atoms with Gasteiger partial charge in [0.25, 0.3) is 0 Å². The Morgan fingerprint density at radius 2 is 1.60 bits per heavy atom. The summed E-state index contributed by atoms with van der Waals surface area (Å²) in [4.78, 5) is 2.26. The Balaban J connectivity index is 1.75. The summed E-state index contributed by atoms with van der Waals surface area (Å²) in [5.74, 6) is 0.779. The van der Waals surface area contributed by atoms with Crippen LogP contribution in [0.1, 0.15) is 0 Å². The number of benzene rings is 2. The molecule has 25 heavy (non-hydrogen) atoms. The lowest BCUT2D eigenvalue weighted by Crippen LogP contribution is -2.48. The molecule has 0 unspecified atom stereocenters. The number of sulfonamides is 1. The highest BCUT2D eigenvalue weighted by atomic mass is 35.5. The highest BCUT2D eigenvalue weighted by molar-refractivity contribution is 7.89. The van der Waals surface area contributed by atoms with Crippen molar-refractivity contribution in [1.29, 1.82) is 0 Å². The van der Waals surface area contributed by atoms with Gasteiger partial charge in [0.05, 0.1) is 12.0 Å². The quantitative estimate of drug-likeness (QED) is 0.787. The second kappa shape index (κ2) is 7.41. The first-order chi connectivity index (χ1) is 11.9. The van der Waals surface area contributed by atoms with Gasteiger partial charge < -0.3 is 9.64 Å². The Bertz CT molecular complexity index is 846. The second-order valence-corrected chi connectivity index (χ2v) is 8.51. The maximum Gasteiger partial charge on any atom is 0.243 e. The van der Waals surface area contributed by atoms with Crippen molar-refractivity contribution in [3.8, 4) is 5.75 Å². The monoisotopic (exact) mass is 400 g/mol. The van der Waals surface area contributed by atoms with Crippen molar-refractivity contribution in [2.75, 3.05) is 38.2 Å². The third-order valence-electron chi connectivity index (χ3n) is 4.13. The SMILES string of the molecule is COc1cccc(N2CCN(S(=O)(=O)c3cc(Cl)cc(Cl)c3)CC2)c1. The van der Waals surface area contributed by atoms with Crippen LogP contribution in [0.3, 0.4) is 0 Å². The van der Waals surface area contributed by atoms with Crippen LogP contribution in [-0.2, 0) is 10.0 Å². The molecule has 0 atom stereocenters. The number of rotatable bonds is 4. The van der Waals surface area contributed by atoms with E-state index in [4.69, 9.17) is 27.9 Å². The molecule has 3 rings (SSSR count). The van der Waals surface area contributed by atoms with Crippen LogP contribution in [0.5, 0.6) is 5.75 Å². The van der Waals surface area contributed by atoms with E-state index in [0.29, 0.717) is 36.2 Å². The molecular formula is C17H18Cl2N2O3S. The van der Waals surface area contributed by atoms with E-state index in [2.05, 4.69) is 4.90 Å². The summed E-state index contributed by atoms with van der Waals surface area (Å²) in [6.45, 7) is 1.98. The number of ether oxygens (including phenoxy) is 1. The summed E-state index contributed by atoms with van der Waals surface area (Å²) in [6.07, 6.45) is 0. The van der Waals surface area contributed by atoms with Gasteiger partial charge in [0.15, 0.2) is 0 Å². The van der Waals surface area contributed by atoms with Crippen LogP contribution in [0.4, 0.5) is 5.69 Å². The van der Waals surface area contributed by atoms with Crippen LogP contribution in [0.15, 0.2) is 47.4 Å². The van der Waals surface area contributed by atoms with Crippen molar-refractivity contribution in [3.63, 3.8) is 0 Å². The minimum Gasteiger partial charge on any atom is -0.497 e. The van der Waals surface area contributed by atoms with E-state index in [-0.39, 0.29) is 4.90 Å². The summed E-state index contributed by atoms with van der Waals surface area (Å²) >= 11 is 11.9. The smallest absolute Gasteiger partial charge is 0.243 e. The Morgan fingerprint density at radius 3 is 2.20 bits per heavy atom. The second-order valence-electron chi connectivity index (χ2n) is 5.70. The van der Waals surface area contributed by atoms with Crippen molar-refractivity contribution >= 4 is 38.9 Å². The molecule has 0 amide bonds. The molecule has 1 aliphatic rings. The zero-order valence-electron chi connectivity index (χ0n) is 13.7. The fraction of sp³-hybridized carbons (Fsp3) is 0.294. The van der Waals surface area contributed by atoms with E-state index in [0.717, 1.165) is 11.4 Å². The van der Waals surface area contributed by atoms with Crippen molar-refractivity contribution in [1.82, 2.24) is 4.31 Å². The van der Waals surface area contributed by atoms with Crippen molar-refractivity contribution in [2.24, 2.45) is 0 Å². The maximum atomic E-state index is 12.8. The first kappa shape index (κ1) is 18.3. The molecule has 1 saturated heterocycles. The van der Waals surface area contributed by atoms with E-state index >= 15 is 0 Å². The summed E-state index contributed by atoms with van der Waals surface area (Å²) in [5, 5.41) is 0.613. The molecule has 1 fully saturated rings. The van der Waals surface area contributed by atoms with Crippen LogP contribution in [-0.4, -0.2) is 46.0 Å². The highest BCUT2D eigenvalue weighted by Gasteiger charge is 2.29. The molecular weight excluding hydrogens is 383 g/mol. The van der Waals surface area contributed by atoms with Crippen LogP contribution in [0.2, 0.25) is 10.0 Å². The molecule has 0 aromatic heterocycles. The summed E-state index contributed by atoms with van der Waals surface area (Å²) in [6, 6.07) is 12.1. The van der Waals surface area contributed by atoms with E-state index in [1.807, 2.05) is 24.3 Å². The van der Waals surface area contributed by atoms with E-state index in [1.54, 1.807) is 7.11 Å².